The number of Topliss-reactive ketones (excluding diaryl/α,β-unsaturated/α-hetero) is 1. The fraction of sp³-hybridized carbons (Fsp3) is 0.200. The molecular weight excluding hydrogens is 286 g/mol. The number of piperidine rings is 1. The van der Waals surface area contributed by atoms with E-state index in [4.69, 9.17) is 0 Å². The first kappa shape index (κ1) is 16.7. The van der Waals surface area contributed by atoms with Crippen LogP contribution in [0.15, 0.2) is 67.8 Å². The van der Waals surface area contributed by atoms with E-state index in [2.05, 4.69) is 13.2 Å². The van der Waals surface area contributed by atoms with Gasteiger partial charge in [-0.25, -0.2) is 0 Å². The first-order valence-corrected chi connectivity index (χ1v) is 7.70. The molecule has 0 aromatic heterocycles. The lowest BCUT2D eigenvalue weighted by Crippen LogP contribution is -2.38. The molecule has 3 nitrogen and oxygen atoms in total. The van der Waals surface area contributed by atoms with Crippen LogP contribution in [-0.4, -0.2) is 29.7 Å². The van der Waals surface area contributed by atoms with E-state index in [1.165, 1.54) is 0 Å². The Morgan fingerprint density at radius 1 is 0.826 bits per heavy atom. The Kier molecular flexibility index (Phi) is 5.87. The molecule has 1 amide bonds. The molecule has 0 N–H and O–H groups in total. The van der Waals surface area contributed by atoms with E-state index >= 15 is 0 Å². The van der Waals surface area contributed by atoms with Crippen LogP contribution in [0.2, 0.25) is 0 Å². The van der Waals surface area contributed by atoms with Crippen molar-refractivity contribution >= 4 is 11.7 Å². The van der Waals surface area contributed by atoms with E-state index in [0.29, 0.717) is 31.5 Å². The molecule has 0 radical (unpaired) electrons. The molecule has 0 unspecified atom stereocenters. The quantitative estimate of drug-likeness (QED) is 0.788. The average molecular weight is 307 g/mol. The second-order valence-electron chi connectivity index (χ2n) is 5.27. The Hall–Kier alpha value is -2.68. The summed E-state index contributed by atoms with van der Waals surface area (Å²) < 4.78 is 0. The summed E-state index contributed by atoms with van der Waals surface area (Å²) in [6, 6.07) is 17.7. The molecule has 0 bridgehead atoms. The Labute approximate surface area is 137 Å². The van der Waals surface area contributed by atoms with Crippen molar-refractivity contribution in [3.05, 3.63) is 73.3 Å². The fourth-order valence-electron chi connectivity index (χ4n) is 2.58. The molecular formula is C20H21NO2. The van der Waals surface area contributed by atoms with Gasteiger partial charge in [0.25, 0.3) is 5.91 Å². The number of likely N-dealkylation sites (tertiary alicyclic amines) is 1. The van der Waals surface area contributed by atoms with Crippen molar-refractivity contribution in [1.82, 2.24) is 4.90 Å². The molecule has 1 saturated heterocycles. The molecule has 1 aliphatic rings. The summed E-state index contributed by atoms with van der Waals surface area (Å²) in [6.07, 6.45) is 0.960. The van der Waals surface area contributed by atoms with E-state index in [0.717, 1.165) is 11.1 Å². The molecule has 1 aliphatic heterocycles. The number of carbonyl (C=O) groups excluding carboxylic acids is 2. The summed E-state index contributed by atoms with van der Waals surface area (Å²) >= 11 is 0. The van der Waals surface area contributed by atoms with Gasteiger partial charge in [0.15, 0.2) is 0 Å². The van der Waals surface area contributed by atoms with Gasteiger partial charge in [-0.15, -0.1) is 13.2 Å². The maximum absolute atomic E-state index is 12.4. The average Bonchev–Trinajstić information content (AvgIpc) is 2.64. The zero-order valence-corrected chi connectivity index (χ0v) is 13.2. The molecule has 1 fully saturated rings. The van der Waals surface area contributed by atoms with Crippen LogP contribution in [0.1, 0.15) is 23.2 Å². The minimum absolute atomic E-state index is 0.0158. The Morgan fingerprint density at radius 3 is 1.91 bits per heavy atom. The van der Waals surface area contributed by atoms with Crippen LogP contribution in [0.3, 0.4) is 0 Å². The van der Waals surface area contributed by atoms with Crippen molar-refractivity contribution in [3.8, 4) is 11.1 Å². The van der Waals surface area contributed by atoms with Gasteiger partial charge in [0, 0.05) is 31.5 Å². The Balaban J connectivity index is 0.000000924. The number of hydrogen-bond donors (Lipinski definition) is 0. The smallest absolute Gasteiger partial charge is 0.253 e. The van der Waals surface area contributed by atoms with Crippen LogP contribution in [0.25, 0.3) is 11.1 Å². The molecule has 118 valence electrons. The summed E-state index contributed by atoms with van der Waals surface area (Å²) in [5.41, 5.74) is 2.92. The maximum Gasteiger partial charge on any atom is 0.253 e. The number of carbonyl (C=O) groups is 2. The van der Waals surface area contributed by atoms with Crippen molar-refractivity contribution in [3.63, 3.8) is 0 Å². The minimum Gasteiger partial charge on any atom is -0.338 e. The van der Waals surface area contributed by atoms with Gasteiger partial charge in [0.1, 0.15) is 5.78 Å². The van der Waals surface area contributed by atoms with Gasteiger partial charge in [-0.3, -0.25) is 9.59 Å². The van der Waals surface area contributed by atoms with Crippen molar-refractivity contribution in [2.24, 2.45) is 0 Å². The number of rotatable bonds is 2. The molecule has 0 spiro atoms. The molecule has 3 rings (SSSR count). The van der Waals surface area contributed by atoms with Crippen LogP contribution < -0.4 is 0 Å². The zero-order chi connectivity index (χ0) is 16.7. The van der Waals surface area contributed by atoms with Crippen molar-refractivity contribution in [2.75, 3.05) is 13.1 Å². The Bertz CT molecular complexity index is 652. The largest absolute Gasteiger partial charge is 0.338 e. The number of benzene rings is 2. The van der Waals surface area contributed by atoms with Gasteiger partial charge < -0.3 is 4.90 Å². The number of ketones is 1. The third-order valence-electron chi connectivity index (χ3n) is 3.85. The number of hydrogen-bond acceptors (Lipinski definition) is 2. The van der Waals surface area contributed by atoms with Crippen molar-refractivity contribution in [2.45, 2.75) is 12.8 Å². The first-order chi connectivity index (χ1) is 11.2. The Morgan fingerprint density at radius 2 is 1.35 bits per heavy atom. The summed E-state index contributed by atoms with van der Waals surface area (Å²) in [4.78, 5) is 25.4. The van der Waals surface area contributed by atoms with Crippen LogP contribution in [0.5, 0.6) is 0 Å². The fourth-order valence-corrected chi connectivity index (χ4v) is 2.58. The molecule has 3 heteroatoms. The lowest BCUT2D eigenvalue weighted by atomic mass is 10.0. The minimum atomic E-state index is 0.0158. The number of amides is 1. The predicted octanol–water partition coefficient (Wildman–Crippen LogP) is 3.96. The first-order valence-electron chi connectivity index (χ1n) is 7.70. The molecule has 2 aromatic carbocycles. The van der Waals surface area contributed by atoms with Gasteiger partial charge in [0.2, 0.25) is 0 Å². The predicted molar refractivity (Wildman–Crippen MR) is 93.3 cm³/mol. The molecule has 2 aromatic rings. The van der Waals surface area contributed by atoms with E-state index in [1.54, 1.807) is 4.90 Å². The molecule has 0 aliphatic carbocycles. The van der Waals surface area contributed by atoms with Crippen LogP contribution in [-0.2, 0) is 4.79 Å². The van der Waals surface area contributed by atoms with Crippen LogP contribution in [0, 0.1) is 0 Å². The van der Waals surface area contributed by atoms with E-state index < -0.39 is 0 Å². The van der Waals surface area contributed by atoms with Gasteiger partial charge in [0.05, 0.1) is 0 Å². The van der Waals surface area contributed by atoms with Crippen molar-refractivity contribution < 1.29 is 9.59 Å². The maximum atomic E-state index is 12.4. The normalized spacial score (nSPS) is 13.9. The van der Waals surface area contributed by atoms with Gasteiger partial charge in [-0.2, -0.15) is 0 Å². The lowest BCUT2D eigenvalue weighted by molar-refractivity contribution is -0.120. The SMILES string of the molecule is C=C.O=C1CCN(C(=O)c2ccc(-c3ccccc3)cc2)CC1. The zero-order valence-electron chi connectivity index (χ0n) is 13.2. The highest BCUT2D eigenvalue weighted by molar-refractivity contribution is 5.95. The van der Waals surface area contributed by atoms with E-state index in [1.807, 2.05) is 54.6 Å². The highest BCUT2D eigenvalue weighted by Crippen LogP contribution is 2.20. The van der Waals surface area contributed by atoms with Crippen molar-refractivity contribution in [1.29, 1.82) is 0 Å². The standard InChI is InChI=1S/C18H17NO2.C2H4/c20-17-10-12-19(13-11-17)18(21)16-8-6-15(7-9-16)14-4-2-1-3-5-14;1-2/h1-9H,10-13H2;1-2H2. The topological polar surface area (TPSA) is 37.4 Å². The van der Waals surface area contributed by atoms with Gasteiger partial charge in [-0.1, -0.05) is 42.5 Å². The summed E-state index contributed by atoms with van der Waals surface area (Å²) in [6.45, 7) is 7.08. The second-order valence-corrected chi connectivity index (χ2v) is 5.27. The summed E-state index contributed by atoms with van der Waals surface area (Å²) in [7, 11) is 0. The van der Waals surface area contributed by atoms with E-state index in [9.17, 15) is 9.59 Å². The van der Waals surface area contributed by atoms with Crippen LogP contribution in [0.4, 0.5) is 0 Å². The highest BCUT2D eigenvalue weighted by atomic mass is 16.2. The number of nitrogens with zero attached hydrogens (tertiary/aromatic N) is 1. The lowest BCUT2D eigenvalue weighted by Gasteiger charge is -2.26. The monoisotopic (exact) mass is 307 g/mol. The van der Waals surface area contributed by atoms with E-state index in [-0.39, 0.29) is 11.7 Å². The molecule has 0 saturated carbocycles. The van der Waals surface area contributed by atoms with Gasteiger partial charge >= 0.3 is 0 Å². The van der Waals surface area contributed by atoms with Crippen LogP contribution >= 0.6 is 0 Å². The van der Waals surface area contributed by atoms with Gasteiger partial charge in [-0.05, 0) is 23.3 Å². The second kappa shape index (κ2) is 8.08. The molecule has 1 heterocycles. The third-order valence-corrected chi connectivity index (χ3v) is 3.85. The summed E-state index contributed by atoms with van der Waals surface area (Å²) in [5, 5.41) is 0. The molecule has 23 heavy (non-hydrogen) atoms. The third kappa shape index (κ3) is 4.16. The summed E-state index contributed by atoms with van der Waals surface area (Å²) in [5.74, 6) is 0.264. The molecule has 0 atom stereocenters. The highest BCUT2D eigenvalue weighted by Gasteiger charge is 2.21.